The first-order valence-electron chi connectivity index (χ1n) is 7.36. The molecule has 0 aliphatic carbocycles. The monoisotopic (exact) mass is 302 g/mol. The molecule has 0 bridgehead atoms. The van der Waals surface area contributed by atoms with Crippen molar-refractivity contribution in [2.75, 3.05) is 5.32 Å². The minimum absolute atomic E-state index is 0.592. The van der Waals surface area contributed by atoms with Gasteiger partial charge in [0.25, 0.3) is 0 Å². The van der Waals surface area contributed by atoms with E-state index in [1.807, 2.05) is 19.1 Å². The summed E-state index contributed by atoms with van der Waals surface area (Å²) in [7, 11) is 0. The van der Waals surface area contributed by atoms with Gasteiger partial charge in [-0.2, -0.15) is 0 Å². The second-order valence-electron chi connectivity index (χ2n) is 5.12. The quantitative estimate of drug-likeness (QED) is 0.775. The van der Waals surface area contributed by atoms with Gasteiger partial charge in [0.05, 0.1) is 6.54 Å². The molecule has 0 amide bonds. The van der Waals surface area contributed by atoms with Crippen LogP contribution in [0.4, 0.5) is 5.69 Å². The Balaban J connectivity index is 1.79. The van der Waals surface area contributed by atoms with Crippen LogP contribution in [0.5, 0.6) is 0 Å². The average Bonchev–Trinajstić information content (AvgIpc) is 2.90. The Morgan fingerprint density at radius 1 is 1.14 bits per heavy atom. The number of anilines is 1. The van der Waals surface area contributed by atoms with Gasteiger partial charge in [-0.1, -0.05) is 25.5 Å². The molecular formula is C17H22N2OS. The maximum absolute atomic E-state index is 5.49. The summed E-state index contributed by atoms with van der Waals surface area (Å²) in [6, 6.07) is 12.3. The molecule has 112 valence electrons. The summed E-state index contributed by atoms with van der Waals surface area (Å²) in [5, 5.41) is 6.92. The van der Waals surface area contributed by atoms with Gasteiger partial charge in [0.1, 0.15) is 11.5 Å². The van der Waals surface area contributed by atoms with E-state index >= 15 is 0 Å². The van der Waals surface area contributed by atoms with E-state index in [1.165, 1.54) is 18.4 Å². The molecule has 2 aromatic rings. The molecule has 2 N–H and O–H groups in total. The van der Waals surface area contributed by atoms with Crippen LogP contribution in [0, 0.1) is 6.92 Å². The Morgan fingerprint density at radius 2 is 1.90 bits per heavy atom. The molecule has 0 fully saturated rings. The molecule has 2 rings (SSSR count). The third-order valence-corrected chi connectivity index (χ3v) is 3.50. The molecule has 4 heteroatoms. The molecule has 0 aliphatic rings. The van der Waals surface area contributed by atoms with Gasteiger partial charge in [0, 0.05) is 5.69 Å². The summed E-state index contributed by atoms with van der Waals surface area (Å²) in [6.07, 6.45) is 3.59. The predicted octanol–water partition coefficient (Wildman–Crippen LogP) is 4.42. The maximum Gasteiger partial charge on any atom is 0.171 e. The fraction of sp³-hybridized carbons (Fsp3) is 0.353. The molecule has 0 saturated carbocycles. The van der Waals surface area contributed by atoms with E-state index in [9.17, 15) is 0 Å². The Labute approximate surface area is 131 Å². The highest BCUT2D eigenvalue weighted by Crippen LogP contribution is 2.12. The van der Waals surface area contributed by atoms with Crippen molar-refractivity contribution in [2.45, 2.75) is 39.7 Å². The molecule has 3 nitrogen and oxygen atoms in total. The van der Waals surface area contributed by atoms with Gasteiger partial charge in [-0.3, -0.25) is 0 Å². The first kappa shape index (κ1) is 15.6. The lowest BCUT2D eigenvalue weighted by Crippen LogP contribution is -2.27. The van der Waals surface area contributed by atoms with Gasteiger partial charge < -0.3 is 15.1 Å². The average molecular weight is 302 g/mol. The Bertz CT molecular complexity index is 575. The van der Waals surface area contributed by atoms with Gasteiger partial charge in [0.15, 0.2) is 5.11 Å². The second-order valence-corrected chi connectivity index (χ2v) is 5.53. The molecule has 0 radical (unpaired) electrons. The third-order valence-electron chi connectivity index (χ3n) is 3.25. The van der Waals surface area contributed by atoms with E-state index in [2.05, 4.69) is 41.8 Å². The summed E-state index contributed by atoms with van der Waals surface area (Å²) in [6.45, 7) is 4.73. The van der Waals surface area contributed by atoms with Crippen LogP contribution in [-0.4, -0.2) is 5.11 Å². The zero-order chi connectivity index (χ0) is 15.1. The summed E-state index contributed by atoms with van der Waals surface area (Å²) >= 11 is 5.28. The SMILES string of the molecule is CCCCc1ccc(NC(=S)NCc2ccc(C)o2)cc1. The lowest BCUT2D eigenvalue weighted by molar-refractivity contribution is 0.478. The Morgan fingerprint density at radius 3 is 2.52 bits per heavy atom. The number of rotatable bonds is 6. The molecule has 0 saturated heterocycles. The molecule has 0 spiro atoms. The Kier molecular flexibility index (Phi) is 5.81. The molecule has 0 atom stereocenters. The van der Waals surface area contributed by atoms with Crippen molar-refractivity contribution in [1.82, 2.24) is 5.32 Å². The van der Waals surface area contributed by atoms with Crippen LogP contribution in [0.2, 0.25) is 0 Å². The van der Waals surface area contributed by atoms with Gasteiger partial charge in [0.2, 0.25) is 0 Å². The first-order chi connectivity index (χ1) is 10.2. The number of furan rings is 1. The van der Waals surface area contributed by atoms with Crippen LogP contribution in [0.1, 0.15) is 36.8 Å². The Hall–Kier alpha value is -1.81. The van der Waals surface area contributed by atoms with Crippen molar-refractivity contribution >= 4 is 23.0 Å². The van der Waals surface area contributed by atoms with Gasteiger partial charge in [-0.25, -0.2) is 0 Å². The highest BCUT2D eigenvalue weighted by Gasteiger charge is 2.01. The molecule has 1 aromatic heterocycles. The van der Waals surface area contributed by atoms with Crippen LogP contribution in [0.15, 0.2) is 40.8 Å². The predicted molar refractivity (Wildman–Crippen MR) is 91.6 cm³/mol. The maximum atomic E-state index is 5.49. The number of hydrogen-bond acceptors (Lipinski definition) is 2. The lowest BCUT2D eigenvalue weighted by Gasteiger charge is -2.10. The van der Waals surface area contributed by atoms with Crippen molar-refractivity contribution in [1.29, 1.82) is 0 Å². The number of hydrogen-bond donors (Lipinski definition) is 2. The third kappa shape index (κ3) is 5.23. The van der Waals surface area contributed by atoms with Gasteiger partial charge in [-0.05, 0) is 61.8 Å². The fourth-order valence-electron chi connectivity index (χ4n) is 2.06. The first-order valence-corrected chi connectivity index (χ1v) is 7.77. The van der Waals surface area contributed by atoms with Crippen molar-refractivity contribution in [3.8, 4) is 0 Å². The van der Waals surface area contributed by atoms with Crippen molar-refractivity contribution < 1.29 is 4.42 Å². The molecule has 1 heterocycles. The largest absolute Gasteiger partial charge is 0.465 e. The number of unbranched alkanes of at least 4 members (excludes halogenated alkanes) is 1. The van der Waals surface area contributed by atoms with E-state index in [4.69, 9.17) is 16.6 Å². The normalized spacial score (nSPS) is 10.4. The number of thiocarbonyl (C=S) groups is 1. The lowest BCUT2D eigenvalue weighted by atomic mass is 10.1. The van der Waals surface area contributed by atoms with Crippen LogP contribution < -0.4 is 10.6 Å². The van der Waals surface area contributed by atoms with E-state index in [0.29, 0.717) is 11.7 Å². The van der Waals surface area contributed by atoms with E-state index in [1.54, 1.807) is 0 Å². The highest BCUT2D eigenvalue weighted by molar-refractivity contribution is 7.80. The van der Waals surface area contributed by atoms with Crippen LogP contribution in [0.3, 0.4) is 0 Å². The summed E-state index contributed by atoms with van der Waals surface area (Å²) in [5.41, 5.74) is 2.37. The van der Waals surface area contributed by atoms with Gasteiger partial charge in [-0.15, -0.1) is 0 Å². The number of benzene rings is 1. The van der Waals surface area contributed by atoms with Crippen LogP contribution in [-0.2, 0) is 13.0 Å². The molecular weight excluding hydrogens is 280 g/mol. The molecule has 21 heavy (non-hydrogen) atoms. The minimum atomic E-state index is 0.592. The smallest absolute Gasteiger partial charge is 0.171 e. The fourth-order valence-corrected chi connectivity index (χ4v) is 2.25. The molecule has 1 aromatic carbocycles. The number of aryl methyl sites for hydroxylation is 2. The topological polar surface area (TPSA) is 37.2 Å². The zero-order valence-electron chi connectivity index (χ0n) is 12.6. The summed E-state index contributed by atoms with van der Waals surface area (Å²) < 4.78 is 5.49. The van der Waals surface area contributed by atoms with Crippen molar-refractivity contribution in [2.24, 2.45) is 0 Å². The minimum Gasteiger partial charge on any atom is -0.465 e. The highest BCUT2D eigenvalue weighted by atomic mass is 32.1. The summed E-state index contributed by atoms with van der Waals surface area (Å²) in [4.78, 5) is 0. The van der Waals surface area contributed by atoms with E-state index < -0.39 is 0 Å². The van der Waals surface area contributed by atoms with Gasteiger partial charge >= 0.3 is 0 Å². The second kappa shape index (κ2) is 7.84. The zero-order valence-corrected chi connectivity index (χ0v) is 13.4. The molecule has 0 unspecified atom stereocenters. The van der Waals surface area contributed by atoms with Crippen molar-refractivity contribution in [3.05, 3.63) is 53.5 Å². The summed E-state index contributed by atoms with van der Waals surface area (Å²) in [5.74, 6) is 1.79. The van der Waals surface area contributed by atoms with E-state index in [0.717, 1.165) is 23.6 Å². The number of nitrogens with one attached hydrogen (secondary N) is 2. The standard InChI is InChI=1S/C17H22N2OS/c1-3-4-5-14-7-9-15(10-8-14)19-17(21)18-12-16-11-6-13(2)20-16/h6-11H,3-5,12H2,1-2H3,(H2,18,19,21). The molecule has 0 aliphatic heterocycles. The van der Waals surface area contributed by atoms with E-state index in [-0.39, 0.29) is 0 Å². The van der Waals surface area contributed by atoms with Crippen molar-refractivity contribution in [3.63, 3.8) is 0 Å². The van der Waals surface area contributed by atoms with Crippen LogP contribution >= 0.6 is 12.2 Å². The van der Waals surface area contributed by atoms with Crippen LogP contribution in [0.25, 0.3) is 0 Å².